The van der Waals surface area contributed by atoms with Gasteiger partial charge in [-0.05, 0) is 19.1 Å². The van der Waals surface area contributed by atoms with Gasteiger partial charge in [0.1, 0.15) is 6.33 Å². The molecular weight excluding hydrogens is 256 g/mol. The number of carbonyl (C=O) groups is 1. The number of halogens is 1. The van der Waals surface area contributed by atoms with Gasteiger partial charge in [0.2, 0.25) is 0 Å². The fourth-order valence-electron chi connectivity index (χ4n) is 1.37. The van der Waals surface area contributed by atoms with Crippen LogP contribution >= 0.6 is 11.6 Å². The minimum Gasteiger partial charge on any atom is -0.343 e. The zero-order valence-electron chi connectivity index (χ0n) is 9.67. The Hall–Kier alpha value is -2.02. The molecule has 0 aliphatic rings. The largest absolute Gasteiger partial charge is 0.343 e. The van der Waals surface area contributed by atoms with Crippen LogP contribution in [0.1, 0.15) is 23.2 Å². The van der Waals surface area contributed by atoms with Gasteiger partial charge in [0.05, 0.1) is 6.54 Å². The van der Waals surface area contributed by atoms with Gasteiger partial charge in [-0.2, -0.15) is 0 Å². The average molecular weight is 267 g/mol. The third-order valence-corrected chi connectivity index (χ3v) is 2.51. The molecule has 0 atom stereocenters. The Morgan fingerprint density at radius 3 is 2.89 bits per heavy atom. The highest BCUT2D eigenvalue weighted by atomic mass is 35.5. The van der Waals surface area contributed by atoms with Gasteiger partial charge in [-0.15, -0.1) is 20.4 Å². The van der Waals surface area contributed by atoms with Crippen LogP contribution in [0.25, 0.3) is 0 Å². The fraction of sp³-hybridized carbons (Fsp3) is 0.300. The maximum atomic E-state index is 11.7. The number of amides is 1. The minimum atomic E-state index is -0.329. The molecule has 2 aromatic heterocycles. The lowest BCUT2D eigenvalue weighted by Crippen LogP contribution is -2.25. The average Bonchev–Trinajstić information content (AvgIpc) is 2.84. The number of rotatable bonds is 4. The molecule has 0 aliphatic carbocycles. The van der Waals surface area contributed by atoms with E-state index in [9.17, 15) is 4.79 Å². The Labute approximate surface area is 108 Å². The number of nitrogens with one attached hydrogen (secondary N) is 1. The molecule has 94 valence electrons. The number of carbonyl (C=O) groups excluding carboxylic acids is 1. The third-order valence-electron chi connectivity index (χ3n) is 2.31. The van der Waals surface area contributed by atoms with Gasteiger partial charge in [-0.25, -0.2) is 0 Å². The van der Waals surface area contributed by atoms with Crippen molar-refractivity contribution < 1.29 is 4.79 Å². The van der Waals surface area contributed by atoms with Crippen molar-refractivity contribution in [3.05, 3.63) is 35.1 Å². The second-order valence-electron chi connectivity index (χ2n) is 3.46. The monoisotopic (exact) mass is 266 g/mol. The van der Waals surface area contributed by atoms with Crippen LogP contribution in [0.3, 0.4) is 0 Å². The van der Waals surface area contributed by atoms with Gasteiger partial charge in [0.15, 0.2) is 16.7 Å². The maximum Gasteiger partial charge on any atom is 0.272 e. The highest BCUT2D eigenvalue weighted by Crippen LogP contribution is 2.02. The van der Waals surface area contributed by atoms with Crippen molar-refractivity contribution in [2.75, 3.05) is 0 Å². The molecule has 0 saturated carbocycles. The van der Waals surface area contributed by atoms with Crippen LogP contribution in [0, 0.1) is 0 Å². The van der Waals surface area contributed by atoms with Gasteiger partial charge in [-0.3, -0.25) is 4.79 Å². The Kier molecular flexibility index (Phi) is 3.83. The molecule has 2 aromatic rings. The van der Waals surface area contributed by atoms with Crippen molar-refractivity contribution in [3.63, 3.8) is 0 Å². The predicted octanol–water partition coefficient (Wildman–Crippen LogP) is 0.671. The first kappa shape index (κ1) is 12.4. The molecule has 0 fully saturated rings. The van der Waals surface area contributed by atoms with Crippen LogP contribution < -0.4 is 5.32 Å². The zero-order valence-corrected chi connectivity index (χ0v) is 10.4. The van der Waals surface area contributed by atoms with Gasteiger partial charge in [-0.1, -0.05) is 11.6 Å². The number of aromatic nitrogens is 5. The van der Waals surface area contributed by atoms with Crippen molar-refractivity contribution in [1.29, 1.82) is 0 Å². The standard InChI is InChI=1S/C10H11ClN6O/c1-2-17-6-13-16-9(17)5-12-10(18)7-3-4-8(11)15-14-7/h3-4,6H,2,5H2,1H3,(H,12,18). The lowest BCUT2D eigenvalue weighted by Gasteiger charge is -2.05. The summed E-state index contributed by atoms with van der Waals surface area (Å²) < 4.78 is 1.84. The number of hydrogen-bond acceptors (Lipinski definition) is 5. The van der Waals surface area contributed by atoms with E-state index in [4.69, 9.17) is 11.6 Å². The Balaban J connectivity index is 1.98. The highest BCUT2D eigenvalue weighted by molar-refractivity contribution is 6.29. The van der Waals surface area contributed by atoms with Crippen LogP contribution in [0.5, 0.6) is 0 Å². The number of hydrogen-bond donors (Lipinski definition) is 1. The second kappa shape index (κ2) is 5.54. The molecular formula is C10H11ClN6O. The second-order valence-corrected chi connectivity index (χ2v) is 3.84. The van der Waals surface area contributed by atoms with E-state index in [1.165, 1.54) is 12.1 Å². The topological polar surface area (TPSA) is 85.6 Å². The summed E-state index contributed by atoms with van der Waals surface area (Å²) in [5.41, 5.74) is 0.210. The van der Waals surface area contributed by atoms with Gasteiger partial charge >= 0.3 is 0 Å². The lowest BCUT2D eigenvalue weighted by molar-refractivity contribution is 0.0943. The molecule has 2 heterocycles. The van der Waals surface area contributed by atoms with Crippen molar-refractivity contribution >= 4 is 17.5 Å². The van der Waals surface area contributed by atoms with E-state index < -0.39 is 0 Å². The molecule has 1 amide bonds. The third kappa shape index (κ3) is 2.80. The first-order chi connectivity index (χ1) is 8.70. The molecule has 2 rings (SSSR count). The van der Waals surface area contributed by atoms with Crippen LogP contribution in [0.15, 0.2) is 18.5 Å². The summed E-state index contributed by atoms with van der Waals surface area (Å²) in [5, 5.41) is 17.9. The molecule has 0 radical (unpaired) electrons. The van der Waals surface area contributed by atoms with Crippen molar-refractivity contribution in [3.8, 4) is 0 Å². The molecule has 8 heteroatoms. The summed E-state index contributed by atoms with van der Waals surface area (Å²) in [6.45, 7) is 3.01. The minimum absolute atomic E-state index is 0.210. The first-order valence-electron chi connectivity index (χ1n) is 5.35. The van der Waals surface area contributed by atoms with Crippen LogP contribution in [0.4, 0.5) is 0 Å². The SMILES string of the molecule is CCn1cnnc1CNC(=O)c1ccc(Cl)nn1. The summed E-state index contributed by atoms with van der Waals surface area (Å²) in [4.78, 5) is 11.7. The summed E-state index contributed by atoms with van der Waals surface area (Å²) in [6.07, 6.45) is 1.61. The van der Waals surface area contributed by atoms with Gasteiger partial charge in [0, 0.05) is 6.54 Å². The van der Waals surface area contributed by atoms with E-state index >= 15 is 0 Å². The Morgan fingerprint density at radius 1 is 1.39 bits per heavy atom. The Morgan fingerprint density at radius 2 is 2.22 bits per heavy atom. The first-order valence-corrected chi connectivity index (χ1v) is 5.72. The van der Waals surface area contributed by atoms with E-state index in [1.807, 2.05) is 11.5 Å². The highest BCUT2D eigenvalue weighted by Gasteiger charge is 2.09. The normalized spacial score (nSPS) is 10.3. The van der Waals surface area contributed by atoms with Crippen molar-refractivity contribution in [2.24, 2.45) is 0 Å². The van der Waals surface area contributed by atoms with E-state index in [0.29, 0.717) is 5.82 Å². The zero-order chi connectivity index (χ0) is 13.0. The molecule has 0 aromatic carbocycles. The summed E-state index contributed by atoms with van der Waals surface area (Å²) in [6, 6.07) is 3.02. The van der Waals surface area contributed by atoms with Crippen LogP contribution in [-0.4, -0.2) is 30.9 Å². The maximum absolute atomic E-state index is 11.7. The summed E-state index contributed by atoms with van der Waals surface area (Å²) in [7, 11) is 0. The summed E-state index contributed by atoms with van der Waals surface area (Å²) >= 11 is 5.59. The quantitative estimate of drug-likeness (QED) is 0.879. The van der Waals surface area contributed by atoms with Crippen LogP contribution in [0.2, 0.25) is 5.15 Å². The van der Waals surface area contributed by atoms with Gasteiger partial charge in [0.25, 0.3) is 5.91 Å². The molecule has 0 aliphatic heterocycles. The van der Waals surface area contributed by atoms with Crippen molar-refractivity contribution in [1.82, 2.24) is 30.3 Å². The number of nitrogens with zero attached hydrogens (tertiary/aromatic N) is 5. The van der Waals surface area contributed by atoms with E-state index in [-0.39, 0.29) is 23.3 Å². The predicted molar refractivity (Wildman–Crippen MR) is 63.9 cm³/mol. The van der Waals surface area contributed by atoms with Crippen LogP contribution in [-0.2, 0) is 13.1 Å². The molecule has 7 nitrogen and oxygen atoms in total. The fourth-order valence-corrected chi connectivity index (χ4v) is 1.47. The van der Waals surface area contributed by atoms with E-state index in [0.717, 1.165) is 6.54 Å². The molecule has 0 spiro atoms. The van der Waals surface area contributed by atoms with E-state index in [1.54, 1.807) is 6.33 Å². The summed E-state index contributed by atoms with van der Waals surface area (Å²) in [5.74, 6) is 0.359. The smallest absolute Gasteiger partial charge is 0.272 e. The molecule has 18 heavy (non-hydrogen) atoms. The van der Waals surface area contributed by atoms with E-state index in [2.05, 4.69) is 25.7 Å². The molecule has 0 saturated heterocycles. The molecule has 0 unspecified atom stereocenters. The molecule has 1 N–H and O–H groups in total. The molecule has 0 bridgehead atoms. The van der Waals surface area contributed by atoms with Gasteiger partial charge < -0.3 is 9.88 Å². The number of aryl methyl sites for hydroxylation is 1. The Bertz CT molecular complexity index is 538. The van der Waals surface area contributed by atoms with Crippen molar-refractivity contribution in [2.45, 2.75) is 20.0 Å². The lowest BCUT2D eigenvalue weighted by atomic mass is 10.3.